The summed E-state index contributed by atoms with van der Waals surface area (Å²) in [5, 5.41) is 0. The molecule has 1 saturated heterocycles. The smallest absolute Gasteiger partial charge is 0.253 e. The molecule has 2 aromatic rings. The van der Waals surface area contributed by atoms with Crippen molar-refractivity contribution in [3.05, 3.63) is 48.0 Å². The molecule has 5 nitrogen and oxygen atoms in total. The third-order valence-corrected chi connectivity index (χ3v) is 5.02. The summed E-state index contributed by atoms with van der Waals surface area (Å²) in [5.74, 6) is 0.00914. The molecule has 0 spiro atoms. The quantitative estimate of drug-likeness (QED) is 0.843. The molecular formula is C19H21FN4O. The number of amides is 1. The van der Waals surface area contributed by atoms with E-state index in [2.05, 4.69) is 14.9 Å². The molecule has 0 radical (unpaired) electrons. The van der Waals surface area contributed by atoms with E-state index < -0.39 is 6.17 Å². The summed E-state index contributed by atoms with van der Waals surface area (Å²) in [6.07, 6.45) is 7.23. The van der Waals surface area contributed by atoms with Gasteiger partial charge in [0.2, 0.25) is 0 Å². The summed E-state index contributed by atoms with van der Waals surface area (Å²) in [7, 11) is 0. The van der Waals surface area contributed by atoms with Gasteiger partial charge in [-0.05, 0) is 49.4 Å². The molecule has 25 heavy (non-hydrogen) atoms. The maximum Gasteiger partial charge on any atom is 0.253 e. The molecular weight excluding hydrogens is 319 g/mol. The molecule has 0 bridgehead atoms. The van der Waals surface area contributed by atoms with E-state index in [-0.39, 0.29) is 5.91 Å². The Morgan fingerprint density at radius 3 is 2.64 bits per heavy atom. The second kappa shape index (κ2) is 6.78. The highest BCUT2D eigenvalue weighted by Gasteiger charge is 2.25. The van der Waals surface area contributed by atoms with Crippen LogP contribution in [0, 0.1) is 0 Å². The Kier molecular flexibility index (Phi) is 4.34. The number of likely N-dealkylation sites (tertiary alicyclic amines) is 1. The first kappa shape index (κ1) is 16.0. The van der Waals surface area contributed by atoms with Gasteiger partial charge in [0, 0.05) is 30.9 Å². The Morgan fingerprint density at radius 2 is 1.88 bits per heavy atom. The third kappa shape index (κ3) is 3.21. The summed E-state index contributed by atoms with van der Waals surface area (Å²) in [6, 6.07) is 5.89. The molecule has 130 valence electrons. The minimum Gasteiger partial charge on any atom is -0.339 e. The summed E-state index contributed by atoms with van der Waals surface area (Å²) in [4.78, 5) is 24.9. The molecule has 0 saturated carbocycles. The van der Waals surface area contributed by atoms with E-state index in [1.165, 1.54) is 11.9 Å². The maximum absolute atomic E-state index is 13.3. The van der Waals surface area contributed by atoms with Crippen LogP contribution in [-0.2, 0) is 6.42 Å². The first-order valence-corrected chi connectivity index (χ1v) is 8.81. The zero-order valence-corrected chi connectivity index (χ0v) is 14.1. The molecule has 4 rings (SSSR count). The fourth-order valence-corrected chi connectivity index (χ4v) is 3.66. The van der Waals surface area contributed by atoms with Crippen molar-refractivity contribution in [2.45, 2.75) is 31.9 Å². The zero-order chi connectivity index (χ0) is 17.2. The van der Waals surface area contributed by atoms with E-state index in [4.69, 9.17) is 0 Å². The number of halogens is 1. The number of aromatic nitrogens is 2. The van der Waals surface area contributed by atoms with Crippen molar-refractivity contribution in [1.82, 2.24) is 14.9 Å². The number of carbonyl (C=O) groups is 1. The summed E-state index contributed by atoms with van der Waals surface area (Å²) < 4.78 is 13.3. The molecule has 6 heteroatoms. The number of rotatable bonds is 2. The van der Waals surface area contributed by atoms with Crippen molar-refractivity contribution >= 4 is 17.3 Å². The molecule has 1 fully saturated rings. The Hall–Kier alpha value is -2.50. The Balaban J connectivity index is 1.58. The van der Waals surface area contributed by atoms with E-state index in [9.17, 15) is 9.18 Å². The van der Waals surface area contributed by atoms with Gasteiger partial charge in [-0.3, -0.25) is 4.79 Å². The fraction of sp³-hybridized carbons (Fsp3) is 0.421. The molecule has 1 aromatic carbocycles. The lowest BCUT2D eigenvalue weighted by Crippen LogP contribution is -2.39. The number of aryl methyl sites for hydroxylation is 1. The highest BCUT2D eigenvalue weighted by molar-refractivity contribution is 5.95. The van der Waals surface area contributed by atoms with Crippen molar-refractivity contribution in [3.8, 4) is 0 Å². The van der Waals surface area contributed by atoms with E-state index in [0.29, 0.717) is 31.5 Å². The molecule has 1 amide bonds. The van der Waals surface area contributed by atoms with E-state index in [1.54, 1.807) is 4.90 Å². The lowest BCUT2D eigenvalue weighted by atomic mass is 9.98. The van der Waals surface area contributed by atoms with E-state index in [1.807, 2.05) is 30.6 Å². The fourth-order valence-electron chi connectivity index (χ4n) is 3.66. The second-order valence-corrected chi connectivity index (χ2v) is 6.66. The van der Waals surface area contributed by atoms with E-state index >= 15 is 0 Å². The molecule has 0 N–H and O–H groups in total. The van der Waals surface area contributed by atoms with Gasteiger partial charge in [-0.2, -0.15) is 0 Å². The van der Waals surface area contributed by atoms with Crippen molar-refractivity contribution in [2.24, 2.45) is 0 Å². The number of carbonyl (C=O) groups excluding carboxylic acids is 1. The minimum atomic E-state index is -0.769. The molecule has 0 atom stereocenters. The number of fused-ring (bicyclic) bond motifs is 1. The van der Waals surface area contributed by atoms with Crippen LogP contribution in [0.1, 0.15) is 35.2 Å². The van der Waals surface area contributed by atoms with Crippen molar-refractivity contribution < 1.29 is 9.18 Å². The first-order valence-electron chi connectivity index (χ1n) is 8.81. The van der Waals surface area contributed by atoms with Gasteiger partial charge in [0.25, 0.3) is 5.91 Å². The van der Waals surface area contributed by atoms with Crippen LogP contribution in [0.25, 0.3) is 0 Å². The highest BCUT2D eigenvalue weighted by Crippen LogP contribution is 2.33. The van der Waals surface area contributed by atoms with Gasteiger partial charge >= 0.3 is 0 Å². The molecule has 2 aliphatic rings. The monoisotopic (exact) mass is 340 g/mol. The number of alkyl halides is 1. The predicted octanol–water partition coefficient (Wildman–Crippen LogP) is 3.14. The number of hydrogen-bond donors (Lipinski definition) is 0. The van der Waals surface area contributed by atoms with Crippen LogP contribution < -0.4 is 4.90 Å². The average molecular weight is 340 g/mol. The van der Waals surface area contributed by atoms with Crippen LogP contribution in [0.4, 0.5) is 15.8 Å². The van der Waals surface area contributed by atoms with Gasteiger partial charge in [-0.1, -0.05) is 0 Å². The average Bonchev–Trinajstić information content (AvgIpc) is 2.68. The second-order valence-electron chi connectivity index (χ2n) is 6.66. The maximum atomic E-state index is 13.3. The van der Waals surface area contributed by atoms with Gasteiger partial charge in [0.1, 0.15) is 12.5 Å². The third-order valence-electron chi connectivity index (χ3n) is 5.02. The zero-order valence-electron chi connectivity index (χ0n) is 14.1. The van der Waals surface area contributed by atoms with Crippen LogP contribution in [0.15, 0.2) is 36.9 Å². The Bertz CT molecular complexity index is 759. The lowest BCUT2D eigenvalue weighted by molar-refractivity contribution is 0.0667. The van der Waals surface area contributed by atoms with Crippen LogP contribution >= 0.6 is 0 Å². The van der Waals surface area contributed by atoms with Gasteiger partial charge in [0.15, 0.2) is 0 Å². The van der Waals surface area contributed by atoms with Crippen LogP contribution in [0.5, 0.6) is 0 Å². The van der Waals surface area contributed by atoms with Crippen molar-refractivity contribution in [2.75, 3.05) is 24.5 Å². The molecule has 3 heterocycles. The lowest BCUT2D eigenvalue weighted by Gasteiger charge is -2.32. The van der Waals surface area contributed by atoms with Crippen LogP contribution in [0.2, 0.25) is 0 Å². The molecule has 2 aliphatic heterocycles. The van der Waals surface area contributed by atoms with Gasteiger partial charge in [-0.25, -0.2) is 14.4 Å². The summed E-state index contributed by atoms with van der Waals surface area (Å²) >= 11 is 0. The Morgan fingerprint density at radius 1 is 1.12 bits per heavy atom. The highest BCUT2D eigenvalue weighted by atomic mass is 19.1. The number of piperidine rings is 1. The van der Waals surface area contributed by atoms with Crippen molar-refractivity contribution in [1.29, 1.82) is 0 Å². The number of nitrogens with zero attached hydrogens (tertiary/aromatic N) is 4. The molecule has 0 unspecified atom stereocenters. The number of benzene rings is 1. The standard InChI is InChI=1S/C19H21FN4O/c20-16-5-8-23(9-6-16)19(25)15-3-4-18-14(10-15)2-1-7-24(18)17-11-21-13-22-12-17/h3-4,10-13,16H,1-2,5-9H2. The largest absolute Gasteiger partial charge is 0.339 e. The first-order chi connectivity index (χ1) is 12.2. The topological polar surface area (TPSA) is 49.3 Å². The summed E-state index contributed by atoms with van der Waals surface area (Å²) in [5.41, 5.74) is 3.94. The predicted molar refractivity (Wildman–Crippen MR) is 93.8 cm³/mol. The number of hydrogen-bond acceptors (Lipinski definition) is 4. The van der Waals surface area contributed by atoms with Crippen molar-refractivity contribution in [3.63, 3.8) is 0 Å². The molecule has 1 aromatic heterocycles. The summed E-state index contributed by atoms with van der Waals surface area (Å²) in [6.45, 7) is 1.92. The van der Waals surface area contributed by atoms with Crippen LogP contribution in [0.3, 0.4) is 0 Å². The van der Waals surface area contributed by atoms with Crippen LogP contribution in [-0.4, -0.2) is 46.6 Å². The normalized spacial score (nSPS) is 18.1. The Labute approximate surface area is 146 Å². The SMILES string of the molecule is O=C(c1ccc2c(c1)CCCN2c1cncnc1)N1CCC(F)CC1. The minimum absolute atomic E-state index is 0.00914. The number of anilines is 2. The van der Waals surface area contributed by atoms with Gasteiger partial charge in [-0.15, -0.1) is 0 Å². The van der Waals surface area contributed by atoms with Gasteiger partial charge in [0.05, 0.1) is 18.1 Å². The van der Waals surface area contributed by atoms with Gasteiger partial charge < -0.3 is 9.80 Å². The van der Waals surface area contributed by atoms with E-state index in [0.717, 1.165) is 30.8 Å². The molecule has 0 aliphatic carbocycles.